The standard InChI is InChI=1S/C15H10N.C13H13NO2.Ir/c1-2-7-13(8-3-1)15-14-9-5-4-6-12(14)10-11-16-15;1-9-6-10(8-11(7-9)16-2)13(15)12-4-3-5-14-12;/h1-7,9-11H;3-8H,1-2H3,(H,14,15);/q-1;;/p-1. The number of ether oxygens (including phenoxy) is 1. The minimum atomic E-state index is -0.0769. The van der Waals surface area contributed by atoms with E-state index < -0.39 is 0 Å². The first-order valence-electron chi connectivity index (χ1n) is 10.2. The van der Waals surface area contributed by atoms with Crippen molar-refractivity contribution in [2.75, 3.05) is 7.11 Å². The molecule has 0 amide bonds. The molecule has 0 saturated heterocycles. The van der Waals surface area contributed by atoms with Crippen LogP contribution in [0.3, 0.4) is 0 Å². The van der Waals surface area contributed by atoms with Crippen molar-refractivity contribution in [2.45, 2.75) is 6.92 Å². The maximum atomic E-state index is 12.0. The Bertz CT molecular complexity index is 1330. The van der Waals surface area contributed by atoms with Crippen molar-refractivity contribution >= 4 is 16.6 Å². The summed E-state index contributed by atoms with van der Waals surface area (Å²) in [5, 5.41) is 2.39. The molecule has 0 saturated carbocycles. The van der Waals surface area contributed by atoms with Gasteiger partial charge in [-0.3, -0.25) is 4.79 Å². The van der Waals surface area contributed by atoms with E-state index >= 15 is 0 Å². The Balaban J connectivity index is 0.000000180. The molecule has 2 heterocycles. The van der Waals surface area contributed by atoms with Gasteiger partial charge in [0, 0.05) is 31.9 Å². The smallest absolute Gasteiger partial charge is 0.171 e. The SMILES string of the molecule is COc1cc(C)cc(C(=O)c2ccc[n-]2)c1.[Ir].[c-]1ccccc1-c1nccc2ccccc12. The van der Waals surface area contributed by atoms with Gasteiger partial charge in [0.1, 0.15) is 5.75 Å². The normalized spacial score (nSPS) is 10.0. The van der Waals surface area contributed by atoms with Crippen LogP contribution in [-0.4, -0.2) is 17.9 Å². The van der Waals surface area contributed by atoms with Gasteiger partial charge < -0.3 is 14.7 Å². The summed E-state index contributed by atoms with van der Waals surface area (Å²) < 4.78 is 5.13. The summed E-state index contributed by atoms with van der Waals surface area (Å²) in [6.07, 6.45) is 3.46. The largest absolute Gasteiger partial charge is 0.661 e. The van der Waals surface area contributed by atoms with Gasteiger partial charge in [-0.25, -0.2) is 0 Å². The zero-order chi connectivity index (χ0) is 22.3. The molecule has 0 bridgehead atoms. The van der Waals surface area contributed by atoms with Crippen molar-refractivity contribution in [1.29, 1.82) is 0 Å². The number of pyridine rings is 1. The number of hydrogen-bond donors (Lipinski definition) is 0. The minimum Gasteiger partial charge on any atom is -0.661 e. The van der Waals surface area contributed by atoms with Gasteiger partial charge in [0.05, 0.1) is 7.11 Å². The van der Waals surface area contributed by atoms with Crippen LogP contribution >= 0.6 is 0 Å². The predicted octanol–water partition coefficient (Wildman–Crippen LogP) is 5.89. The molecule has 2 aromatic heterocycles. The van der Waals surface area contributed by atoms with Gasteiger partial charge in [-0.2, -0.15) is 6.20 Å². The number of aryl methyl sites for hydroxylation is 1. The molecule has 0 N–H and O–H groups in total. The Morgan fingerprint density at radius 3 is 2.52 bits per heavy atom. The molecule has 5 heteroatoms. The van der Waals surface area contributed by atoms with Crippen LogP contribution in [0.5, 0.6) is 5.75 Å². The zero-order valence-corrected chi connectivity index (χ0v) is 20.7. The van der Waals surface area contributed by atoms with E-state index in [-0.39, 0.29) is 25.9 Å². The molecule has 3 aromatic carbocycles. The van der Waals surface area contributed by atoms with E-state index in [2.05, 4.69) is 28.2 Å². The number of aromatic nitrogens is 2. The first-order chi connectivity index (χ1) is 15.7. The van der Waals surface area contributed by atoms with Crippen molar-refractivity contribution in [3.63, 3.8) is 0 Å². The molecular formula is C28H22IrN2O2-2. The molecule has 0 aliphatic heterocycles. The van der Waals surface area contributed by atoms with E-state index in [1.807, 2.05) is 67.7 Å². The van der Waals surface area contributed by atoms with Crippen molar-refractivity contribution in [3.05, 3.63) is 120 Å². The van der Waals surface area contributed by atoms with E-state index in [1.54, 1.807) is 31.5 Å². The van der Waals surface area contributed by atoms with Crippen molar-refractivity contribution < 1.29 is 29.6 Å². The summed E-state index contributed by atoms with van der Waals surface area (Å²) in [6.45, 7) is 1.93. The number of methoxy groups -OCH3 is 1. The van der Waals surface area contributed by atoms with Gasteiger partial charge in [0.25, 0.3) is 0 Å². The molecule has 167 valence electrons. The summed E-state index contributed by atoms with van der Waals surface area (Å²) >= 11 is 0. The molecule has 0 spiro atoms. The average molecular weight is 611 g/mol. The number of ketones is 1. The molecule has 5 rings (SSSR count). The summed E-state index contributed by atoms with van der Waals surface area (Å²) in [5.74, 6) is 0.613. The monoisotopic (exact) mass is 611 g/mol. The van der Waals surface area contributed by atoms with Crippen molar-refractivity contribution in [2.24, 2.45) is 0 Å². The molecule has 0 aliphatic rings. The second kappa shape index (κ2) is 11.4. The Hall–Kier alpha value is -3.53. The second-order valence-electron chi connectivity index (χ2n) is 7.25. The predicted molar refractivity (Wildman–Crippen MR) is 127 cm³/mol. The van der Waals surface area contributed by atoms with E-state index in [0.717, 1.165) is 16.8 Å². The van der Waals surface area contributed by atoms with Crippen LogP contribution in [-0.2, 0) is 20.1 Å². The van der Waals surface area contributed by atoms with Crippen LogP contribution in [0, 0.1) is 13.0 Å². The summed E-state index contributed by atoms with van der Waals surface area (Å²) in [5.41, 5.74) is 4.11. The number of carbonyl (C=O) groups is 1. The van der Waals surface area contributed by atoms with Gasteiger partial charge in [0.2, 0.25) is 0 Å². The van der Waals surface area contributed by atoms with E-state index in [0.29, 0.717) is 17.0 Å². The van der Waals surface area contributed by atoms with Gasteiger partial charge in [-0.1, -0.05) is 42.1 Å². The topological polar surface area (TPSA) is 53.3 Å². The Morgan fingerprint density at radius 2 is 1.79 bits per heavy atom. The van der Waals surface area contributed by atoms with Crippen LogP contribution in [0.15, 0.2) is 97.3 Å². The Kier molecular flexibility index (Phi) is 8.31. The van der Waals surface area contributed by atoms with Gasteiger partial charge in [-0.15, -0.1) is 35.9 Å². The molecule has 4 nitrogen and oxygen atoms in total. The second-order valence-corrected chi connectivity index (χ2v) is 7.25. The average Bonchev–Trinajstić information content (AvgIpc) is 3.39. The summed E-state index contributed by atoms with van der Waals surface area (Å²) in [6, 6.07) is 30.3. The fourth-order valence-electron chi connectivity index (χ4n) is 3.45. The zero-order valence-electron chi connectivity index (χ0n) is 18.3. The first kappa shape index (κ1) is 24.1. The fraction of sp³-hybridized carbons (Fsp3) is 0.0714. The molecule has 33 heavy (non-hydrogen) atoms. The van der Waals surface area contributed by atoms with Crippen LogP contribution in [0.25, 0.3) is 22.0 Å². The molecule has 0 fully saturated rings. The number of rotatable bonds is 4. The molecule has 1 radical (unpaired) electrons. The third kappa shape index (κ3) is 5.83. The number of fused-ring (bicyclic) bond motifs is 1. The van der Waals surface area contributed by atoms with Gasteiger partial charge >= 0.3 is 0 Å². The van der Waals surface area contributed by atoms with E-state index in [9.17, 15) is 4.79 Å². The summed E-state index contributed by atoms with van der Waals surface area (Å²) in [7, 11) is 1.59. The maximum Gasteiger partial charge on any atom is 0.171 e. The van der Waals surface area contributed by atoms with Crippen molar-refractivity contribution in [1.82, 2.24) is 9.97 Å². The molecule has 5 aromatic rings. The first-order valence-corrected chi connectivity index (χ1v) is 10.2. The van der Waals surface area contributed by atoms with Crippen LogP contribution in [0.1, 0.15) is 21.6 Å². The third-order valence-electron chi connectivity index (χ3n) is 4.97. The van der Waals surface area contributed by atoms with Crippen molar-refractivity contribution in [3.8, 4) is 17.0 Å². The molecular weight excluding hydrogens is 589 g/mol. The number of carbonyl (C=O) groups excluding carboxylic acids is 1. The third-order valence-corrected chi connectivity index (χ3v) is 4.97. The van der Waals surface area contributed by atoms with Crippen LogP contribution < -0.4 is 9.72 Å². The van der Waals surface area contributed by atoms with Gasteiger partial charge in [-0.05, 0) is 53.2 Å². The van der Waals surface area contributed by atoms with Crippen LogP contribution in [0.4, 0.5) is 0 Å². The quantitative estimate of drug-likeness (QED) is 0.188. The Morgan fingerprint density at radius 1 is 0.970 bits per heavy atom. The van der Waals surface area contributed by atoms with Gasteiger partial charge in [0.15, 0.2) is 5.78 Å². The van der Waals surface area contributed by atoms with E-state index in [4.69, 9.17) is 4.74 Å². The van der Waals surface area contributed by atoms with Crippen LogP contribution in [0.2, 0.25) is 0 Å². The number of benzene rings is 3. The van der Waals surface area contributed by atoms with E-state index in [1.165, 1.54) is 10.8 Å². The maximum absolute atomic E-state index is 12.0. The minimum absolute atomic E-state index is 0. The molecule has 0 atom stereocenters. The molecule has 0 aliphatic carbocycles. The number of hydrogen-bond acceptors (Lipinski definition) is 3. The fourth-order valence-corrected chi connectivity index (χ4v) is 3.45. The number of nitrogens with zero attached hydrogens (tertiary/aromatic N) is 2. The Labute approximate surface area is 207 Å². The summed E-state index contributed by atoms with van der Waals surface area (Å²) in [4.78, 5) is 20.4. The molecule has 0 unspecified atom stereocenters.